The SMILES string of the molecule is CNCCC1(Oc2cccnc2C)CCC1. The second-order valence-electron chi connectivity index (χ2n) is 4.58. The molecule has 1 heterocycles. The Labute approximate surface area is 97.2 Å². The lowest BCUT2D eigenvalue weighted by atomic mass is 9.77. The van der Waals surface area contributed by atoms with Crippen molar-refractivity contribution in [2.24, 2.45) is 0 Å². The molecule has 2 rings (SSSR count). The molecule has 0 aromatic carbocycles. The minimum absolute atomic E-state index is 0.0663. The van der Waals surface area contributed by atoms with Gasteiger partial charge < -0.3 is 10.1 Å². The molecule has 1 aliphatic carbocycles. The minimum Gasteiger partial charge on any atom is -0.485 e. The van der Waals surface area contributed by atoms with E-state index in [2.05, 4.69) is 10.3 Å². The topological polar surface area (TPSA) is 34.1 Å². The Morgan fingerprint density at radius 3 is 2.88 bits per heavy atom. The van der Waals surface area contributed by atoms with Crippen LogP contribution in [0.1, 0.15) is 31.4 Å². The van der Waals surface area contributed by atoms with Gasteiger partial charge in [-0.05, 0) is 58.3 Å². The summed E-state index contributed by atoms with van der Waals surface area (Å²) in [5, 5.41) is 3.20. The first kappa shape index (κ1) is 11.4. The zero-order chi connectivity index (χ0) is 11.4. The molecule has 88 valence electrons. The van der Waals surface area contributed by atoms with Crippen LogP contribution >= 0.6 is 0 Å². The van der Waals surface area contributed by atoms with Crippen LogP contribution in [0.5, 0.6) is 5.75 Å². The van der Waals surface area contributed by atoms with Crippen LogP contribution in [0.15, 0.2) is 18.3 Å². The van der Waals surface area contributed by atoms with E-state index in [-0.39, 0.29) is 5.60 Å². The third kappa shape index (κ3) is 2.35. The van der Waals surface area contributed by atoms with Gasteiger partial charge in [-0.3, -0.25) is 4.98 Å². The number of nitrogens with one attached hydrogen (secondary N) is 1. The third-order valence-electron chi connectivity index (χ3n) is 3.38. The van der Waals surface area contributed by atoms with Crippen LogP contribution in [0, 0.1) is 6.92 Å². The molecule has 1 aromatic rings. The Morgan fingerprint density at radius 2 is 2.31 bits per heavy atom. The molecule has 1 aliphatic rings. The molecule has 0 aliphatic heterocycles. The lowest BCUT2D eigenvalue weighted by Crippen LogP contribution is -2.45. The number of hydrogen-bond donors (Lipinski definition) is 1. The monoisotopic (exact) mass is 220 g/mol. The fraction of sp³-hybridized carbons (Fsp3) is 0.615. The van der Waals surface area contributed by atoms with Gasteiger partial charge in [0.15, 0.2) is 0 Å². The predicted molar refractivity (Wildman–Crippen MR) is 64.7 cm³/mol. The number of hydrogen-bond acceptors (Lipinski definition) is 3. The second-order valence-corrected chi connectivity index (χ2v) is 4.58. The van der Waals surface area contributed by atoms with Crippen LogP contribution < -0.4 is 10.1 Å². The number of rotatable bonds is 5. The summed E-state index contributed by atoms with van der Waals surface area (Å²) >= 11 is 0. The third-order valence-corrected chi connectivity index (χ3v) is 3.38. The van der Waals surface area contributed by atoms with Gasteiger partial charge in [0.25, 0.3) is 0 Å². The summed E-state index contributed by atoms with van der Waals surface area (Å²) in [6.45, 7) is 3.01. The van der Waals surface area contributed by atoms with Crippen LogP contribution in [0.4, 0.5) is 0 Å². The minimum atomic E-state index is 0.0663. The number of aromatic nitrogens is 1. The van der Waals surface area contributed by atoms with E-state index in [4.69, 9.17) is 4.74 Å². The van der Waals surface area contributed by atoms with Crippen molar-refractivity contribution in [3.63, 3.8) is 0 Å². The Kier molecular flexibility index (Phi) is 3.44. The fourth-order valence-electron chi connectivity index (χ4n) is 2.14. The summed E-state index contributed by atoms with van der Waals surface area (Å²) in [6.07, 6.45) is 6.51. The summed E-state index contributed by atoms with van der Waals surface area (Å²) in [5.74, 6) is 0.943. The van der Waals surface area contributed by atoms with Gasteiger partial charge in [0, 0.05) is 6.20 Å². The maximum atomic E-state index is 6.17. The molecule has 1 aromatic heterocycles. The van der Waals surface area contributed by atoms with E-state index in [1.54, 1.807) is 0 Å². The van der Waals surface area contributed by atoms with E-state index in [0.717, 1.165) is 24.4 Å². The largest absolute Gasteiger partial charge is 0.485 e. The molecule has 1 N–H and O–H groups in total. The van der Waals surface area contributed by atoms with Crippen molar-refractivity contribution < 1.29 is 4.74 Å². The molecule has 0 atom stereocenters. The van der Waals surface area contributed by atoms with Crippen molar-refractivity contribution in [2.45, 2.75) is 38.2 Å². The second kappa shape index (κ2) is 4.83. The van der Waals surface area contributed by atoms with Gasteiger partial charge in [0.1, 0.15) is 11.4 Å². The molecule has 3 heteroatoms. The van der Waals surface area contributed by atoms with Crippen molar-refractivity contribution in [3.05, 3.63) is 24.0 Å². The normalized spacial score (nSPS) is 17.9. The Bertz CT molecular complexity index is 348. The number of ether oxygens (including phenoxy) is 1. The van der Waals surface area contributed by atoms with Gasteiger partial charge in [-0.15, -0.1) is 0 Å². The quantitative estimate of drug-likeness (QED) is 0.826. The van der Waals surface area contributed by atoms with Crippen molar-refractivity contribution >= 4 is 0 Å². The maximum absolute atomic E-state index is 6.17. The van der Waals surface area contributed by atoms with Gasteiger partial charge in [-0.2, -0.15) is 0 Å². The zero-order valence-electron chi connectivity index (χ0n) is 10.1. The first-order chi connectivity index (χ1) is 7.76. The highest BCUT2D eigenvalue weighted by molar-refractivity contribution is 5.26. The Morgan fingerprint density at radius 1 is 1.50 bits per heavy atom. The molecule has 3 nitrogen and oxygen atoms in total. The van der Waals surface area contributed by atoms with Crippen molar-refractivity contribution in [1.29, 1.82) is 0 Å². The van der Waals surface area contributed by atoms with Crippen LogP contribution in [-0.2, 0) is 0 Å². The molecule has 0 spiro atoms. The first-order valence-corrected chi connectivity index (χ1v) is 6.01. The summed E-state index contributed by atoms with van der Waals surface area (Å²) in [7, 11) is 1.99. The van der Waals surface area contributed by atoms with Gasteiger partial charge in [0.2, 0.25) is 0 Å². The van der Waals surface area contributed by atoms with Crippen LogP contribution in [0.3, 0.4) is 0 Å². The van der Waals surface area contributed by atoms with E-state index in [1.807, 2.05) is 32.3 Å². The molecule has 16 heavy (non-hydrogen) atoms. The van der Waals surface area contributed by atoms with E-state index in [9.17, 15) is 0 Å². The smallest absolute Gasteiger partial charge is 0.141 e. The van der Waals surface area contributed by atoms with Gasteiger partial charge in [0.05, 0.1) is 5.69 Å². The van der Waals surface area contributed by atoms with Gasteiger partial charge in [-0.25, -0.2) is 0 Å². The molecule has 1 fully saturated rings. The van der Waals surface area contributed by atoms with E-state index < -0.39 is 0 Å². The molecular weight excluding hydrogens is 200 g/mol. The average molecular weight is 220 g/mol. The lowest BCUT2D eigenvalue weighted by Gasteiger charge is -2.42. The van der Waals surface area contributed by atoms with E-state index >= 15 is 0 Å². The molecular formula is C13H20N2O. The lowest BCUT2D eigenvalue weighted by molar-refractivity contribution is -0.0147. The summed E-state index contributed by atoms with van der Waals surface area (Å²) < 4.78 is 6.17. The summed E-state index contributed by atoms with van der Waals surface area (Å²) in [5.41, 5.74) is 1.05. The van der Waals surface area contributed by atoms with Crippen LogP contribution in [0.2, 0.25) is 0 Å². The highest BCUT2D eigenvalue weighted by Gasteiger charge is 2.38. The number of aryl methyl sites for hydroxylation is 1. The summed E-state index contributed by atoms with van der Waals surface area (Å²) in [4.78, 5) is 4.26. The van der Waals surface area contributed by atoms with Crippen LogP contribution in [-0.4, -0.2) is 24.2 Å². The predicted octanol–water partition coefficient (Wildman–Crippen LogP) is 2.30. The molecule has 0 saturated heterocycles. The Balaban J connectivity index is 2.04. The molecule has 1 saturated carbocycles. The molecule has 0 amide bonds. The summed E-state index contributed by atoms with van der Waals surface area (Å²) in [6, 6.07) is 3.95. The standard InChI is InChI=1S/C13H20N2O/c1-11-12(5-3-9-15-11)16-13(6-4-7-13)8-10-14-2/h3,5,9,14H,4,6-8,10H2,1-2H3. The molecule has 0 bridgehead atoms. The van der Waals surface area contributed by atoms with E-state index in [0.29, 0.717) is 0 Å². The zero-order valence-corrected chi connectivity index (χ0v) is 10.1. The van der Waals surface area contributed by atoms with Crippen LogP contribution in [0.25, 0.3) is 0 Å². The van der Waals surface area contributed by atoms with Gasteiger partial charge in [-0.1, -0.05) is 0 Å². The van der Waals surface area contributed by atoms with Crippen molar-refractivity contribution in [1.82, 2.24) is 10.3 Å². The van der Waals surface area contributed by atoms with E-state index in [1.165, 1.54) is 19.3 Å². The molecule has 0 radical (unpaired) electrons. The number of nitrogens with zero attached hydrogens (tertiary/aromatic N) is 1. The van der Waals surface area contributed by atoms with Crippen molar-refractivity contribution in [3.8, 4) is 5.75 Å². The maximum Gasteiger partial charge on any atom is 0.141 e. The Hall–Kier alpha value is -1.09. The fourth-order valence-corrected chi connectivity index (χ4v) is 2.14. The van der Waals surface area contributed by atoms with Crippen molar-refractivity contribution in [2.75, 3.05) is 13.6 Å². The first-order valence-electron chi connectivity index (χ1n) is 6.01. The highest BCUT2D eigenvalue weighted by atomic mass is 16.5. The number of pyridine rings is 1. The average Bonchev–Trinajstić information content (AvgIpc) is 2.24. The molecule has 0 unspecified atom stereocenters. The van der Waals surface area contributed by atoms with Gasteiger partial charge >= 0.3 is 0 Å². The highest BCUT2D eigenvalue weighted by Crippen LogP contribution is 2.39.